The number of hydrogen-bond donors (Lipinski definition) is 2. The third kappa shape index (κ3) is 8.25. The zero-order chi connectivity index (χ0) is 33.9. The lowest BCUT2D eigenvalue weighted by Crippen LogP contribution is -2.31. The van der Waals surface area contributed by atoms with Crippen LogP contribution < -0.4 is 22.5 Å². The van der Waals surface area contributed by atoms with Gasteiger partial charge in [0.2, 0.25) is 0 Å². The quantitative estimate of drug-likeness (QED) is 0.118. The maximum absolute atomic E-state index is 12.6. The Kier molecular flexibility index (Phi) is 11.9. The number of H-pyrrole nitrogens is 2. The van der Waals surface area contributed by atoms with E-state index in [0.29, 0.717) is 13.1 Å². The molecule has 0 saturated heterocycles. The lowest BCUT2D eigenvalue weighted by Gasteiger charge is -2.09. The molecule has 0 radical (unpaired) electrons. The van der Waals surface area contributed by atoms with Gasteiger partial charge in [0.05, 0.1) is 0 Å². The Labute approximate surface area is 279 Å². The van der Waals surface area contributed by atoms with Crippen molar-refractivity contribution in [2.45, 2.75) is 104 Å². The minimum absolute atomic E-state index is 0.237. The molecule has 0 aliphatic heterocycles. The predicted octanol–water partition coefficient (Wildman–Crippen LogP) is 5.79. The van der Waals surface area contributed by atoms with Crippen molar-refractivity contribution in [3.63, 3.8) is 0 Å². The SMILES string of the molecule is CCCCCCCCn1cc(C#Cc2cccc3c2=c2c(C#Cc4cn(CCCCCCCC)c(=O)[nH]c4=O)cccc2=3)c(=O)[nH]c1=O. The molecule has 248 valence electrons. The number of aromatic nitrogens is 4. The van der Waals surface area contributed by atoms with E-state index in [4.69, 9.17) is 0 Å². The van der Waals surface area contributed by atoms with Crippen LogP contribution >= 0.6 is 0 Å². The van der Waals surface area contributed by atoms with Crippen LogP contribution in [0.25, 0.3) is 0 Å². The lowest BCUT2D eigenvalue weighted by atomic mass is 9.94. The fourth-order valence-electron chi connectivity index (χ4n) is 6.16. The Bertz CT molecular complexity index is 2170. The zero-order valence-electron chi connectivity index (χ0n) is 28.0. The molecule has 2 heterocycles. The van der Waals surface area contributed by atoms with Crippen molar-refractivity contribution in [2.24, 2.45) is 0 Å². The maximum Gasteiger partial charge on any atom is 0.328 e. The molecule has 5 rings (SSSR count). The Morgan fingerprint density at radius 2 is 0.875 bits per heavy atom. The van der Waals surface area contributed by atoms with E-state index >= 15 is 0 Å². The molecule has 1 aliphatic carbocycles. The van der Waals surface area contributed by atoms with Crippen LogP contribution in [0.2, 0.25) is 0 Å². The van der Waals surface area contributed by atoms with Gasteiger partial charge in [-0.2, -0.15) is 0 Å². The highest BCUT2D eigenvalue weighted by atomic mass is 16.2. The van der Waals surface area contributed by atoms with Gasteiger partial charge in [0.15, 0.2) is 0 Å². The summed E-state index contributed by atoms with van der Waals surface area (Å²) in [6.07, 6.45) is 16.4. The van der Waals surface area contributed by atoms with Gasteiger partial charge in [0.25, 0.3) is 11.1 Å². The van der Waals surface area contributed by atoms with Gasteiger partial charge >= 0.3 is 11.4 Å². The number of nitrogens with one attached hydrogen (secondary N) is 2. The average molecular weight is 645 g/mol. The molecule has 2 aromatic carbocycles. The number of hydrogen-bond acceptors (Lipinski definition) is 4. The topological polar surface area (TPSA) is 110 Å². The van der Waals surface area contributed by atoms with Crippen LogP contribution in [0, 0.1) is 44.6 Å². The van der Waals surface area contributed by atoms with Crippen molar-refractivity contribution in [2.75, 3.05) is 0 Å². The van der Waals surface area contributed by atoms with E-state index in [1.54, 1.807) is 12.4 Å². The molecule has 8 nitrogen and oxygen atoms in total. The molecular formula is C40H44N4O4. The maximum atomic E-state index is 12.6. The number of aromatic amines is 2. The van der Waals surface area contributed by atoms with Gasteiger partial charge in [0, 0.05) is 47.0 Å². The highest BCUT2D eigenvalue weighted by molar-refractivity contribution is 5.51. The van der Waals surface area contributed by atoms with E-state index in [1.165, 1.54) is 47.7 Å². The first-order valence-electron chi connectivity index (χ1n) is 17.4. The second-order valence-corrected chi connectivity index (χ2v) is 12.5. The van der Waals surface area contributed by atoms with Crippen LogP contribution in [0.3, 0.4) is 0 Å². The van der Waals surface area contributed by atoms with Gasteiger partial charge in [-0.15, -0.1) is 0 Å². The smallest absolute Gasteiger partial charge is 0.299 e. The highest BCUT2D eigenvalue weighted by Gasteiger charge is 2.10. The zero-order valence-corrected chi connectivity index (χ0v) is 28.0. The van der Waals surface area contributed by atoms with Gasteiger partial charge in [0.1, 0.15) is 11.1 Å². The molecule has 0 unspecified atom stereocenters. The normalized spacial score (nSPS) is 11.0. The minimum atomic E-state index is -0.503. The summed E-state index contributed by atoms with van der Waals surface area (Å²) in [6, 6.07) is 11.7. The minimum Gasteiger partial charge on any atom is -0.299 e. The Morgan fingerprint density at radius 1 is 0.500 bits per heavy atom. The summed E-state index contributed by atoms with van der Waals surface area (Å²) in [5, 5.41) is 3.94. The summed E-state index contributed by atoms with van der Waals surface area (Å²) < 4.78 is 3.08. The van der Waals surface area contributed by atoms with Crippen LogP contribution in [-0.4, -0.2) is 19.1 Å². The van der Waals surface area contributed by atoms with Crippen LogP contribution in [0.5, 0.6) is 0 Å². The van der Waals surface area contributed by atoms with Gasteiger partial charge in [-0.05, 0) is 35.4 Å². The summed E-state index contributed by atoms with van der Waals surface area (Å²) in [5.74, 6) is 12.4. The van der Waals surface area contributed by atoms with E-state index in [9.17, 15) is 19.2 Å². The summed E-state index contributed by atoms with van der Waals surface area (Å²) in [7, 11) is 0. The molecule has 1 aliphatic rings. The number of aryl methyl sites for hydroxylation is 2. The predicted molar refractivity (Wildman–Crippen MR) is 190 cm³/mol. The number of nitrogens with zero attached hydrogens (tertiary/aromatic N) is 2. The fraction of sp³-hybridized carbons (Fsp3) is 0.400. The first kappa shape index (κ1) is 34.3. The van der Waals surface area contributed by atoms with Crippen LogP contribution in [-0.2, 0) is 13.1 Å². The van der Waals surface area contributed by atoms with Crippen LogP contribution in [0.4, 0.5) is 0 Å². The molecule has 0 saturated carbocycles. The number of unbranched alkanes of at least 4 members (excludes halogenated alkanes) is 10. The Hall–Kier alpha value is -5.08. The highest BCUT2D eigenvalue weighted by Crippen LogP contribution is 2.19. The third-order valence-corrected chi connectivity index (χ3v) is 8.86. The van der Waals surface area contributed by atoms with Crippen molar-refractivity contribution in [3.8, 4) is 23.7 Å². The fourth-order valence-corrected chi connectivity index (χ4v) is 6.16. The molecular weight excluding hydrogens is 600 g/mol. The molecule has 0 bridgehead atoms. The van der Waals surface area contributed by atoms with E-state index in [0.717, 1.165) is 70.5 Å². The first-order valence-corrected chi connectivity index (χ1v) is 17.4. The van der Waals surface area contributed by atoms with Crippen molar-refractivity contribution in [1.29, 1.82) is 0 Å². The number of fused-ring (bicyclic) bond motifs is 2. The van der Waals surface area contributed by atoms with Gasteiger partial charge < -0.3 is 0 Å². The standard InChI is InChI=1S/C40H44N4O4/c1-3-5-7-9-11-13-25-43-27-31(37(45)41-39(43)47)23-21-29-17-15-19-33-34-20-16-18-30(36(34)35(29)33)22-24-32-28-44(40(48)42-38(32)46)26-14-12-10-8-6-4-2/h15-20,27-28H,3-14,25-26H2,1-2H3,(H,41,45,47)(H,42,46,48). The monoisotopic (exact) mass is 644 g/mol. The lowest BCUT2D eigenvalue weighted by molar-refractivity contribution is 0.542. The average Bonchev–Trinajstić information content (AvgIpc) is 3.07. The van der Waals surface area contributed by atoms with Crippen LogP contribution in [0.1, 0.15) is 113 Å². The Balaban J connectivity index is 1.43. The number of rotatable bonds is 14. The number of benzene rings is 2. The summed E-state index contributed by atoms with van der Waals surface area (Å²) in [5.41, 5.74) is 0.115. The molecule has 0 fully saturated rings. The van der Waals surface area contributed by atoms with E-state index in [-0.39, 0.29) is 11.1 Å². The summed E-state index contributed by atoms with van der Waals surface area (Å²) in [4.78, 5) is 55.0. The molecule has 0 amide bonds. The molecule has 0 spiro atoms. The molecule has 8 heteroatoms. The van der Waals surface area contributed by atoms with Gasteiger partial charge in [-0.1, -0.05) is 126 Å². The molecule has 2 N–H and O–H groups in total. The van der Waals surface area contributed by atoms with Crippen molar-refractivity contribution < 1.29 is 0 Å². The van der Waals surface area contributed by atoms with Crippen molar-refractivity contribution in [3.05, 3.63) is 134 Å². The summed E-state index contributed by atoms with van der Waals surface area (Å²) >= 11 is 0. The van der Waals surface area contributed by atoms with E-state index < -0.39 is 22.5 Å². The molecule has 2 aromatic heterocycles. The first-order chi connectivity index (χ1) is 23.4. The second-order valence-electron chi connectivity index (χ2n) is 12.5. The van der Waals surface area contributed by atoms with Gasteiger partial charge in [-0.25, -0.2) is 9.59 Å². The van der Waals surface area contributed by atoms with Crippen LogP contribution in [0.15, 0.2) is 68.0 Å². The van der Waals surface area contributed by atoms with Crippen molar-refractivity contribution >= 4 is 0 Å². The summed E-state index contributed by atoms with van der Waals surface area (Å²) in [6.45, 7) is 5.43. The largest absolute Gasteiger partial charge is 0.328 e. The second kappa shape index (κ2) is 16.7. The molecule has 0 atom stereocenters. The Morgan fingerprint density at radius 3 is 1.29 bits per heavy atom. The van der Waals surface area contributed by atoms with Crippen molar-refractivity contribution in [1.82, 2.24) is 19.1 Å². The van der Waals surface area contributed by atoms with Gasteiger partial charge in [-0.3, -0.25) is 28.7 Å². The molecule has 4 aromatic rings. The van der Waals surface area contributed by atoms with E-state index in [1.807, 2.05) is 36.4 Å². The third-order valence-electron chi connectivity index (χ3n) is 8.86. The van der Waals surface area contributed by atoms with E-state index in [2.05, 4.69) is 47.5 Å². The molecule has 48 heavy (non-hydrogen) atoms.